The number of aromatic hydroxyl groups is 1. The number of ether oxygens (including phenoxy) is 1. The van der Waals surface area contributed by atoms with Gasteiger partial charge in [-0.15, -0.1) is 0 Å². The van der Waals surface area contributed by atoms with Gasteiger partial charge in [0.1, 0.15) is 11.5 Å². The number of aryl methyl sites for hydroxylation is 3. The van der Waals surface area contributed by atoms with Crippen LogP contribution >= 0.6 is 0 Å². The molecule has 0 saturated carbocycles. The first kappa shape index (κ1) is 22.7. The van der Waals surface area contributed by atoms with Crippen molar-refractivity contribution >= 4 is 5.97 Å². The SMILES string of the molecule is C=CC(=O)Oc1c(Cc2cc(C)cc(CCCC)c2O)cc(C)cc1C(C)(C)C. The summed E-state index contributed by atoms with van der Waals surface area (Å²) in [6.07, 6.45) is 4.66. The summed E-state index contributed by atoms with van der Waals surface area (Å²) in [6.45, 7) is 16.1. The molecule has 29 heavy (non-hydrogen) atoms. The van der Waals surface area contributed by atoms with Crippen LogP contribution in [0.5, 0.6) is 11.5 Å². The summed E-state index contributed by atoms with van der Waals surface area (Å²) in [5.74, 6) is 0.450. The van der Waals surface area contributed by atoms with Crippen LogP contribution in [0.4, 0.5) is 0 Å². The molecule has 2 rings (SSSR count). The lowest BCUT2D eigenvalue weighted by Crippen LogP contribution is -2.17. The minimum Gasteiger partial charge on any atom is -0.507 e. The van der Waals surface area contributed by atoms with Gasteiger partial charge >= 0.3 is 5.97 Å². The zero-order valence-electron chi connectivity index (χ0n) is 18.7. The highest BCUT2D eigenvalue weighted by molar-refractivity contribution is 5.84. The summed E-state index contributed by atoms with van der Waals surface area (Å²) in [5.41, 5.74) is 5.73. The summed E-state index contributed by atoms with van der Waals surface area (Å²) in [6, 6.07) is 8.18. The van der Waals surface area contributed by atoms with Crippen LogP contribution in [-0.4, -0.2) is 11.1 Å². The molecule has 0 heterocycles. The molecule has 1 N–H and O–H groups in total. The molecule has 0 fully saturated rings. The Morgan fingerprint density at radius 2 is 1.66 bits per heavy atom. The van der Waals surface area contributed by atoms with Crippen molar-refractivity contribution in [2.75, 3.05) is 0 Å². The first-order chi connectivity index (χ1) is 13.6. The summed E-state index contributed by atoms with van der Waals surface area (Å²) >= 11 is 0. The molecule has 0 spiro atoms. The highest BCUT2D eigenvalue weighted by Crippen LogP contribution is 2.38. The second-order valence-corrected chi connectivity index (χ2v) is 8.89. The highest BCUT2D eigenvalue weighted by atomic mass is 16.5. The molecule has 0 unspecified atom stereocenters. The third-order valence-corrected chi connectivity index (χ3v) is 5.08. The van der Waals surface area contributed by atoms with E-state index in [9.17, 15) is 9.90 Å². The van der Waals surface area contributed by atoms with Crippen molar-refractivity contribution in [3.63, 3.8) is 0 Å². The van der Waals surface area contributed by atoms with Crippen molar-refractivity contribution in [3.8, 4) is 11.5 Å². The number of benzene rings is 2. The molecule has 0 amide bonds. The lowest BCUT2D eigenvalue weighted by molar-refractivity contribution is -0.129. The van der Waals surface area contributed by atoms with E-state index in [-0.39, 0.29) is 5.41 Å². The van der Waals surface area contributed by atoms with Crippen LogP contribution in [0.1, 0.15) is 73.9 Å². The Kier molecular flexibility index (Phi) is 7.29. The monoisotopic (exact) mass is 394 g/mol. The van der Waals surface area contributed by atoms with Gasteiger partial charge in [-0.2, -0.15) is 0 Å². The van der Waals surface area contributed by atoms with Gasteiger partial charge in [0, 0.05) is 18.1 Å². The Morgan fingerprint density at radius 3 is 2.24 bits per heavy atom. The van der Waals surface area contributed by atoms with Crippen molar-refractivity contribution in [3.05, 3.63) is 70.3 Å². The number of phenolic OH excluding ortho intramolecular Hbond substituents is 1. The van der Waals surface area contributed by atoms with E-state index in [2.05, 4.69) is 46.4 Å². The Morgan fingerprint density at radius 1 is 1.07 bits per heavy atom. The number of carbonyl (C=O) groups excluding carboxylic acids is 1. The molecule has 0 atom stereocenters. The Labute approximate surface area is 175 Å². The van der Waals surface area contributed by atoms with Gasteiger partial charge in [-0.1, -0.05) is 76.1 Å². The van der Waals surface area contributed by atoms with Crippen molar-refractivity contribution in [1.82, 2.24) is 0 Å². The molecule has 0 aliphatic rings. The number of carbonyl (C=O) groups is 1. The quantitative estimate of drug-likeness (QED) is 0.339. The molecule has 2 aromatic rings. The lowest BCUT2D eigenvalue weighted by Gasteiger charge is -2.25. The van der Waals surface area contributed by atoms with Crippen LogP contribution in [0.25, 0.3) is 0 Å². The minimum absolute atomic E-state index is 0.196. The fourth-order valence-electron chi connectivity index (χ4n) is 3.63. The molecule has 3 nitrogen and oxygen atoms in total. The number of hydrogen-bond acceptors (Lipinski definition) is 3. The largest absolute Gasteiger partial charge is 0.507 e. The van der Waals surface area contributed by atoms with E-state index < -0.39 is 5.97 Å². The summed E-state index contributed by atoms with van der Waals surface area (Å²) in [7, 11) is 0. The van der Waals surface area contributed by atoms with Crippen LogP contribution in [0.15, 0.2) is 36.9 Å². The van der Waals surface area contributed by atoms with Gasteiger partial charge in [-0.25, -0.2) is 4.79 Å². The molecule has 3 heteroatoms. The van der Waals surface area contributed by atoms with Crippen LogP contribution in [0.3, 0.4) is 0 Å². The van der Waals surface area contributed by atoms with E-state index in [1.54, 1.807) is 0 Å². The average molecular weight is 395 g/mol. The molecule has 0 radical (unpaired) electrons. The van der Waals surface area contributed by atoms with Crippen molar-refractivity contribution < 1.29 is 14.6 Å². The maximum atomic E-state index is 12.1. The van der Waals surface area contributed by atoms with E-state index in [0.717, 1.165) is 52.6 Å². The summed E-state index contributed by atoms with van der Waals surface area (Å²) in [4.78, 5) is 12.1. The predicted molar refractivity (Wildman–Crippen MR) is 120 cm³/mol. The van der Waals surface area contributed by atoms with Crippen LogP contribution < -0.4 is 4.74 Å². The first-order valence-corrected chi connectivity index (χ1v) is 10.4. The normalized spacial score (nSPS) is 11.4. The molecule has 0 bridgehead atoms. The van der Waals surface area contributed by atoms with Crippen molar-refractivity contribution in [2.45, 2.75) is 72.6 Å². The second kappa shape index (κ2) is 9.30. The second-order valence-electron chi connectivity index (χ2n) is 8.89. The smallest absolute Gasteiger partial charge is 0.335 e. The molecular weight excluding hydrogens is 360 g/mol. The van der Waals surface area contributed by atoms with Crippen LogP contribution in [-0.2, 0) is 23.1 Å². The maximum absolute atomic E-state index is 12.1. The standard InChI is InChI=1S/C26H34O3/c1-8-10-11-19-12-17(3)13-20(24(19)28)16-21-14-18(4)15-22(26(5,6)7)25(21)29-23(27)9-2/h9,12-15,28H,2,8,10-11,16H2,1,3-7H3. The van der Waals surface area contributed by atoms with E-state index in [0.29, 0.717) is 17.9 Å². The van der Waals surface area contributed by atoms with Crippen LogP contribution in [0.2, 0.25) is 0 Å². The van der Waals surface area contributed by atoms with Gasteiger partial charge in [0.15, 0.2) is 0 Å². The Balaban J connectivity index is 2.60. The van der Waals surface area contributed by atoms with Gasteiger partial charge < -0.3 is 9.84 Å². The number of rotatable bonds is 7. The third-order valence-electron chi connectivity index (χ3n) is 5.08. The summed E-state index contributed by atoms with van der Waals surface area (Å²) < 4.78 is 5.71. The van der Waals surface area contributed by atoms with Gasteiger partial charge in [0.05, 0.1) is 0 Å². The number of unbranched alkanes of at least 4 members (excludes halogenated alkanes) is 1. The highest BCUT2D eigenvalue weighted by Gasteiger charge is 2.24. The third kappa shape index (κ3) is 5.72. The number of phenols is 1. The molecule has 0 saturated heterocycles. The molecule has 0 aromatic heterocycles. The van der Waals surface area contributed by atoms with E-state index in [1.165, 1.54) is 6.08 Å². The van der Waals surface area contributed by atoms with Gasteiger partial charge in [-0.3, -0.25) is 0 Å². The predicted octanol–water partition coefficient (Wildman–Crippen LogP) is 6.33. The number of hydrogen-bond donors (Lipinski definition) is 1. The molecular formula is C26H34O3. The van der Waals surface area contributed by atoms with Crippen molar-refractivity contribution in [1.29, 1.82) is 0 Å². The Hall–Kier alpha value is -2.55. The maximum Gasteiger partial charge on any atom is 0.335 e. The van der Waals surface area contributed by atoms with E-state index in [4.69, 9.17) is 4.74 Å². The molecule has 2 aromatic carbocycles. The topological polar surface area (TPSA) is 46.5 Å². The molecule has 0 aliphatic heterocycles. The van der Waals surface area contributed by atoms with Crippen LogP contribution in [0, 0.1) is 13.8 Å². The van der Waals surface area contributed by atoms with Gasteiger partial charge in [0.2, 0.25) is 0 Å². The lowest BCUT2D eigenvalue weighted by atomic mass is 9.83. The fraction of sp³-hybridized carbons (Fsp3) is 0.423. The summed E-state index contributed by atoms with van der Waals surface area (Å²) in [5, 5.41) is 10.9. The van der Waals surface area contributed by atoms with Gasteiger partial charge in [-0.05, 0) is 48.8 Å². The van der Waals surface area contributed by atoms with Gasteiger partial charge in [0.25, 0.3) is 0 Å². The molecule has 0 aliphatic carbocycles. The zero-order valence-corrected chi connectivity index (χ0v) is 18.7. The Bertz CT molecular complexity index is 901. The fourth-order valence-corrected chi connectivity index (χ4v) is 3.63. The van der Waals surface area contributed by atoms with E-state index >= 15 is 0 Å². The zero-order chi connectivity index (χ0) is 21.8. The van der Waals surface area contributed by atoms with E-state index in [1.807, 2.05) is 26.0 Å². The van der Waals surface area contributed by atoms with Crippen molar-refractivity contribution in [2.24, 2.45) is 0 Å². The minimum atomic E-state index is -0.474. The first-order valence-electron chi connectivity index (χ1n) is 10.4. The molecule has 156 valence electrons. The number of esters is 1. The average Bonchev–Trinajstić information content (AvgIpc) is 2.63.